The predicted molar refractivity (Wildman–Crippen MR) is 160 cm³/mol. The highest BCUT2D eigenvalue weighted by Crippen LogP contribution is 2.37. The van der Waals surface area contributed by atoms with E-state index in [-0.39, 0.29) is 45.5 Å². The Labute approximate surface area is 242 Å². The van der Waals surface area contributed by atoms with Crippen LogP contribution in [0.15, 0.2) is 54.0 Å². The van der Waals surface area contributed by atoms with Gasteiger partial charge in [-0.2, -0.15) is 4.98 Å². The summed E-state index contributed by atoms with van der Waals surface area (Å²) in [4.78, 5) is 43.8. The number of aromatic nitrogens is 4. The van der Waals surface area contributed by atoms with Gasteiger partial charge in [-0.25, -0.2) is 18.7 Å². The molecule has 0 radical (unpaired) electrons. The second kappa shape index (κ2) is 10.9. The van der Waals surface area contributed by atoms with Gasteiger partial charge in [0.2, 0.25) is 5.91 Å². The molecule has 3 aromatic heterocycles. The first-order valence-electron chi connectivity index (χ1n) is 13.3. The van der Waals surface area contributed by atoms with Crippen LogP contribution in [0.4, 0.5) is 15.9 Å². The van der Waals surface area contributed by atoms with Gasteiger partial charge in [0.15, 0.2) is 5.65 Å². The standard InChI is InChI=1S/C30H31ClFN7O2/c1-6-23(40)38-13-12-37(15-18(38)5)28-19-14-20(31)26(24-21(32)8-7-9-22(24)33)35-29(19)39(30(41)36-28)27-17(4)10-11-34-25(27)16(2)3/h6-11,14,16,18H,1,12-13,15,33H2,2-5H3/t18-/m0/s1. The Kier molecular flexibility index (Phi) is 7.52. The fourth-order valence-electron chi connectivity index (χ4n) is 5.39. The summed E-state index contributed by atoms with van der Waals surface area (Å²) < 4.78 is 16.5. The van der Waals surface area contributed by atoms with E-state index in [1.54, 1.807) is 23.2 Å². The van der Waals surface area contributed by atoms with Crippen molar-refractivity contribution in [2.75, 3.05) is 30.3 Å². The molecule has 4 heterocycles. The van der Waals surface area contributed by atoms with E-state index in [1.165, 1.54) is 22.8 Å². The summed E-state index contributed by atoms with van der Waals surface area (Å²) in [6.45, 7) is 12.7. The number of piperazine rings is 1. The molecule has 4 aromatic rings. The summed E-state index contributed by atoms with van der Waals surface area (Å²) in [5.74, 6) is -0.375. The van der Waals surface area contributed by atoms with Gasteiger partial charge in [-0.05, 0) is 55.7 Å². The fourth-order valence-corrected chi connectivity index (χ4v) is 5.64. The van der Waals surface area contributed by atoms with E-state index in [0.29, 0.717) is 42.2 Å². The van der Waals surface area contributed by atoms with E-state index in [2.05, 4.69) is 16.5 Å². The van der Waals surface area contributed by atoms with Gasteiger partial charge in [0.05, 0.1) is 33.0 Å². The highest BCUT2D eigenvalue weighted by Gasteiger charge is 2.30. The molecule has 5 rings (SSSR count). The maximum atomic E-state index is 15.1. The number of hydrogen-bond acceptors (Lipinski definition) is 7. The minimum absolute atomic E-state index is 0.0168. The van der Waals surface area contributed by atoms with Crippen molar-refractivity contribution >= 4 is 40.0 Å². The molecule has 0 spiro atoms. The van der Waals surface area contributed by atoms with Crippen LogP contribution in [0.25, 0.3) is 28.0 Å². The molecule has 9 nitrogen and oxygen atoms in total. The zero-order valence-electron chi connectivity index (χ0n) is 23.4. The van der Waals surface area contributed by atoms with Crippen LogP contribution >= 0.6 is 11.6 Å². The smallest absolute Gasteiger partial charge is 0.355 e. The molecule has 1 saturated heterocycles. The topological polar surface area (TPSA) is 110 Å². The number of nitrogen functional groups attached to an aromatic ring is 1. The van der Waals surface area contributed by atoms with Crippen LogP contribution in [0.2, 0.25) is 5.02 Å². The molecule has 1 aliphatic rings. The van der Waals surface area contributed by atoms with Crippen LogP contribution in [0.3, 0.4) is 0 Å². The average molecular weight is 576 g/mol. The number of rotatable bonds is 5. The zero-order valence-corrected chi connectivity index (χ0v) is 24.1. The highest BCUT2D eigenvalue weighted by molar-refractivity contribution is 6.34. The first kappa shape index (κ1) is 28.2. The Balaban J connectivity index is 1.82. The van der Waals surface area contributed by atoms with Crippen LogP contribution < -0.4 is 16.3 Å². The van der Waals surface area contributed by atoms with Crippen molar-refractivity contribution in [2.45, 2.75) is 39.7 Å². The molecule has 41 heavy (non-hydrogen) atoms. The SMILES string of the molecule is C=CC(=O)N1CCN(c2nc(=O)n(-c3c(C)ccnc3C(C)C)c3nc(-c4c(N)cccc4F)c(Cl)cc23)C[C@@H]1C. The summed E-state index contributed by atoms with van der Waals surface area (Å²) in [6, 6.07) is 7.66. The lowest BCUT2D eigenvalue weighted by molar-refractivity contribution is -0.128. The monoisotopic (exact) mass is 575 g/mol. The van der Waals surface area contributed by atoms with Crippen molar-refractivity contribution in [3.05, 3.63) is 81.8 Å². The summed E-state index contributed by atoms with van der Waals surface area (Å²) in [7, 11) is 0. The van der Waals surface area contributed by atoms with Crippen molar-refractivity contribution in [1.82, 2.24) is 24.4 Å². The Bertz CT molecular complexity index is 1730. The molecule has 1 atom stereocenters. The van der Waals surface area contributed by atoms with E-state index < -0.39 is 11.5 Å². The molecular formula is C30H31ClFN7O2. The number of hydrogen-bond donors (Lipinski definition) is 1. The predicted octanol–water partition coefficient (Wildman–Crippen LogP) is 4.87. The molecule has 0 unspecified atom stereocenters. The largest absolute Gasteiger partial charge is 0.398 e. The Morgan fingerprint density at radius 2 is 2.00 bits per heavy atom. The summed E-state index contributed by atoms with van der Waals surface area (Å²) >= 11 is 6.76. The number of carbonyl (C=O) groups is 1. The van der Waals surface area contributed by atoms with Gasteiger partial charge in [0.25, 0.3) is 0 Å². The van der Waals surface area contributed by atoms with Crippen LogP contribution in [-0.2, 0) is 4.79 Å². The number of nitrogens with zero attached hydrogens (tertiary/aromatic N) is 6. The van der Waals surface area contributed by atoms with E-state index in [1.807, 2.05) is 38.7 Å². The number of amides is 1. The second-order valence-corrected chi connectivity index (χ2v) is 10.9. The third-order valence-corrected chi connectivity index (χ3v) is 7.68. The van der Waals surface area contributed by atoms with Crippen molar-refractivity contribution < 1.29 is 9.18 Å². The first-order chi connectivity index (χ1) is 19.5. The van der Waals surface area contributed by atoms with Crippen LogP contribution in [0.5, 0.6) is 0 Å². The van der Waals surface area contributed by atoms with Crippen LogP contribution in [-0.4, -0.2) is 56.0 Å². The summed E-state index contributed by atoms with van der Waals surface area (Å²) in [5.41, 5.74) is 8.24. The van der Waals surface area contributed by atoms with Gasteiger partial charge in [0, 0.05) is 37.6 Å². The number of carbonyl (C=O) groups excluding carboxylic acids is 1. The second-order valence-electron chi connectivity index (χ2n) is 10.5. The molecule has 0 saturated carbocycles. The normalized spacial score (nSPS) is 15.5. The van der Waals surface area contributed by atoms with E-state index in [4.69, 9.17) is 22.3 Å². The first-order valence-corrected chi connectivity index (χ1v) is 13.7. The van der Waals surface area contributed by atoms with E-state index in [9.17, 15) is 9.59 Å². The molecular weight excluding hydrogens is 545 g/mol. The van der Waals surface area contributed by atoms with Gasteiger partial charge in [-0.15, -0.1) is 0 Å². The zero-order chi connectivity index (χ0) is 29.6. The third kappa shape index (κ3) is 4.93. The summed E-state index contributed by atoms with van der Waals surface area (Å²) in [5, 5.41) is 0.657. The molecule has 212 valence electrons. The van der Waals surface area contributed by atoms with E-state index in [0.717, 1.165) is 5.56 Å². The number of halogens is 2. The lowest BCUT2D eigenvalue weighted by atomic mass is 10.0. The van der Waals surface area contributed by atoms with E-state index >= 15 is 4.39 Å². The Hall–Kier alpha value is -4.31. The molecule has 2 N–H and O–H groups in total. The molecule has 0 bridgehead atoms. The van der Waals surface area contributed by atoms with Gasteiger partial charge >= 0.3 is 5.69 Å². The molecule has 1 aliphatic heterocycles. The quantitative estimate of drug-likeness (QED) is 0.267. The number of benzene rings is 1. The Morgan fingerprint density at radius 3 is 2.66 bits per heavy atom. The van der Waals surface area contributed by atoms with Gasteiger partial charge < -0.3 is 15.5 Å². The van der Waals surface area contributed by atoms with Crippen molar-refractivity contribution in [2.24, 2.45) is 0 Å². The minimum Gasteiger partial charge on any atom is -0.398 e. The molecule has 1 fully saturated rings. The molecule has 0 aliphatic carbocycles. The molecule has 1 amide bonds. The summed E-state index contributed by atoms with van der Waals surface area (Å²) in [6.07, 6.45) is 2.99. The molecule has 11 heteroatoms. The third-order valence-electron chi connectivity index (χ3n) is 7.39. The number of aryl methyl sites for hydroxylation is 1. The minimum atomic E-state index is -0.584. The Morgan fingerprint density at radius 1 is 1.24 bits per heavy atom. The van der Waals surface area contributed by atoms with Crippen molar-refractivity contribution in [1.29, 1.82) is 0 Å². The van der Waals surface area contributed by atoms with Crippen LogP contribution in [0.1, 0.15) is 37.9 Å². The average Bonchev–Trinajstić information content (AvgIpc) is 2.93. The lowest BCUT2D eigenvalue weighted by Gasteiger charge is -2.40. The fraction of sp³-hybridized carbons (Fsp3) is 0.300. The van der Waals surface area contributed by atoms with Crippen molar-refractivity contribution in [3.8, 4) is 16.9 Å². The van der Waals surface area contributed by atoms with Gasteiger partial charge in [-0.3, -0.25) is 9.78 Å². The number of anilines is 2. The molecule has 1 aromatic carbocycles. The maximum Gasteiger partial charge on any atom is 0.355 e. The number of nitrogens with two attached hydrogens (primary N) is 1. The van der Waals surface area contributed by atoms with Gasteiger partial charge in [-0.1, -0.05) is 38.1 Å². The highest BCUT2D eigenvalue weighted by atomic mass is 35.5. The number of fused-ring (bicyclic) bond motifs is 1. The van der Waals surface area contributed by atoms with Crippen LogP contribution in [0, 0.1) is 12.7 Å². The lowest BCUT2D eigenvalue weighted by Crippen LogP contribution is -2.54. The van der Waals surface area contributed by atoms with Crippen molar-refractivity contribution in [3.63, 3.8) is 0 Å². The number of pyridine rings is 2. The van der Waals surface area contributed by atoms with Gasteiger partial charge in [0.1, 0.15) is 11.6 Å². The maximum absolute atomic E-state index is 15.1.